The van der Waals surface area contributed by atoms with Gasteiger partial charge in [0.25, 0.3) is 0 Å². The molecule has 0 amide bonds. The number of rotatable bonds is 4. The van der Waals surface area contributed by atoms with Crippen LogP contribution in [0.25, 0.3) is 0 Å². The summed E-state index contributed by atoms with van der Waals surface area (Å²) in [4.78, 5) is 13.9. The van der Waals surface area contributed by atoms with E-state index >= 15 is 0 Å². The predicted molar refractivity (Wildman–Crippen MR) is 56.2 cm³/mol. The molecule has 11 heteroatoms. The molecule has 22 heavy (non-hydrogen) atoms. The Morgan fingerprint density at radius 2 is 1.82 bits per heavy atom. The maximum Gasteiger partial charge on any atom is 0.573 e. The summed E-state index contributed by atoms with van der Waals surface area (Å²) in [6.07, 6.45) is -12.0. The minimum atomic E-state index is -5.45. The van der Waals surface area contributed by atoms with E-state index in [1.165, 1.54) is 6.92 Å². The molecule has 0 aliphatic heterocycles. The number of nitrogens with zero attached hydrogens (tertiary/aromatic N) is 1. The Morgan fingerprint density at radius 1 is 1.23 bits per heavy atom. The van der Waals surface area contributed by atoms with Crippen LogP contribution >= 0.6 is 0 Å². The molecule has 0 saturated carbocycles. The second-order valence-corrected chi connectivity index (χ2v) is 3.79. The zero-order valence-electron chi connectivity index (χ0n) is 10.8. The molecule has 0 aliphatic rings. The van der Waals surface area contributed by atoms with Gasteiger partial charge < -0.3 is 9.47 Å². The molecule has 0 saturated heterocycles. The van der Waals surface area contributed by atoms with Crippen LogP contribution in [0, 0.1) is 5.82 Å². The number of alkyl halides is 6. The molecule has 0 radical (unpaired) electrons. The predicted octanol–water partition coefficient (Wildman–Crippen LogP) is 3.24. The van der Waals surface area contributed by atoms with Crippen molar-refractivity contribution in [2.75, 3.05) is 6.61 Å². The zero-order chi connectivity index (χ0) is 17.1. The molecule has 1 rings (SSSR count). The van der Waals surface area contributed by atoms with Gasteiger partial charge in [0, 0.05) is 5.56 Å². The normalized spacial score (nSPS) is 12.2. The van der Waals surface area contributed by atoms with E-state index in [-0.39, 0.29) is 12.8 Å². The first kappa shape index (κ1) is 18.0. The monoisotopic (exact) mass is 335 g/mol. The Labute approximate surface area is 118 Å². The molecular formula is C11H8F7NO3. The minimum absolute atomic E-state index is 0.0709. The van der Waals surface area contributed by atoms with Crippen LogP contribution in [0.3, 0.4) is 0 Å². The molecule has 0 unspecified atom stereocenters. The van der Waals surface area contributed by atoms with E-state index in [1.807, 2.05) is 0 Å². The third-order valence-corrected chi connectivity index (χ3v) is 2.20. The van der Waals surface area contributed by atoms with Crippen LogP contribution in [0.2, 0.25) is 0 Å². The van der Waals surface area contributed by atoms with Crippen molar-refractivity contribution in [2.24, 2.45) is 0 Å². The van der Waals surface area contributed by atoms with E-state index in [2.05, 4.69) is 14.5 Å². The third-order valence-electron chi connectivity index (χ3n) is 2.20. The van der Waals surface area contributed by atoms with Crippen molar-refractivity contribution >= 4 is 5.97 Å². The van der Waals surface area contributed by atoms with E-state index in [1.54, 1.807) is 0 Å². The summed E-state index contributed by atoms with van der Waals surface area (Å²) in [7, 11) is 0. The molecule has 1 aromatic heterocycles. The van der Waals surface area contributed by atoms with Crippen molar-refractivity contribution < 1.29 is 45.0 Å². The van der Waals surface area contributed by atoms with Crippen LogP contribution in [0.1, 0.15) is 18.2 Å². The molecular weight excluding hydrogens is 327 g/mol. The molecule has 0 aliphatic carbocycles. The van der Waals surface area contributed by atoms with Crippen LogP contribution in [0.5, 0.6) is 5.75 Å². The first-order valence-corrected chi connectivity index (χ1v) is 5.61. The van der Waals surface area contributed by atoms with Gasteiger partial charge in [0.05, 0.1) is 19.2 Å². The van der Waals surface area contributed by atoms with Crippen LogP contribution in [-0.2, 0) is 22.1 Å². The molecule has 1 aromatic rings. The van der Waals surface area contributed by atoms with Gasteiger partial charge in [-0.2, -0.15) is 13.2 Å². The molecule has 0 bridgehead atoms. The van der Waals surface area contributed by atoms with Crippen molar-refractivity contribution in [1.29, 1.82) is 0 Å². The van der Waals surface area contributed by atoms with E-state index < -0.39 is 47.8 Å². The molecule has 0 N–H and O–H groups in total. The first-order chi connectivity index (χ1) is 9.95. The number of halogens is 7. The summed E-state index contributed by atoms with van der Waals surface area (Å²) in [6, 6.07) is 0. The van der Waals surface area contributed by atoms with Crippen LogP contribution < -0.4 is 4.74 Å². The van der Waals surface area contributed by atoms with Gasteiger partial charge in [-0.05, 0) is 6.92 Å². The summed E-state index contributed by atoms with van der Waals surface area (Å²) in [5.41, 5.74) is -3.25. The fraction of sp³-hybridized carbons (Fsp3) is 0.455. The van der Waals surface area contributed by atoms with Crippen molar-refractivity contribution in [3.05, 3.63) is 23.3 Å². The number of aromatic nitrogens is 1. The van der Waals surface area contributed by atoms with Crippen molar-refractivity contribution in [3.63, 3.8) is 0 Å². The highest BCUT2D eigenvalue weighted by Gasteiger charge is 2.41. The maximum atomic E-state index is 13.4. The Hall–Kier alpha value is -2.07. The Balaban J connectivity index is 3.42. The third kappa shape index (κ3) is 4.74. The molecule has 0 aromatic carbocycles. The molecule has 0 spiro atoms. The summed E-state index contributed by atoms with van der Waals surface area (Å²) in [5, 5.41) is 0. The van der Waals surface area contributed by atoms with Gasteiger partial charge in [0.1, 0.15) is 0 Å². The van der Waals surface area contributed by atoms with Crippen LogP contribution in [0.4, 0.5) is 30.7 Å². The topological polar surface area (TPSA) is 48.4 Å². The number of esters is 1. The van der Waals surface area contributed by atoms with Gasteiger partial charge in [-0.1, -0.05) is 0 Å². The van der Waals surface area contributed by atoms with Crippen LogP contribution in [-0.4, -0.2) is 23.9 Å². The molecule has 124 valence electrons. The van der Waals surface area contributed by atoms with Gasteiger partial charge in [0.2, 0.25) is 0 Å². The number of ether oxygens (including phenoxy) is 2. The fourth-order valence-electron chi connectivity index (χ4n) is 1.50. The average molecular weight is 335 g/mol. The highest BCUT2D eigenvalue weighted by molar-refractivity contribution is 5.74. The zero-order valence-corrected chi connectivity index (χ0v) is 10.8. The standard InChI is InChI=1S/C11H8F7NO3/c1-2-21-7(20)3-5-8(22-11(16,17)18)6(12)4-19-9(5)10(13,14)15/h4H,2-3H2,1H3. The average Bonchev–Trinajstić information content (AvgIpc) is 2.31. The van der Waals surface area contributed by atoms with E-state index in [9.17, 15) is 35.5 Å². The molecule has 0 atom stereocenters. The summed E-state index contributed by atoms with van der Waals surface area (Å²) in [5.74, 6) is -4.83. The SMILES string of the molecule is CCOC(=O)Cc1c(C(F)(F)F)ncc(F)c1OC(F)(F)F. The lowest BCUT2D eigenvalue weighted by molar-refractivity contribution is -0.276. The highest BCUT2D eigenvalue weighted by Crippen LogP contribution is 2.38. The number of hydrogen-bond acceptors (Lipinski definition) is 4. The van der Waals surface area contributed by atoms with Gasteiger partial charge in [-0.15, -0.1) is 13.2 Å². The summed E-state index contributed by atoms with van der Waals surface area (Å²) in [6.45, 7) is 1.11. The molecule has 4 nitrogen and oxygen atoms in total. The molecule has 1 heterocycles. The lowest BCUT2D eigenvalue weighted by Gasteiger charge is -2.17. The van der Waals surface area contributed by atoms with Crippen molar-refractivity contribution in [3.8, 4) is 5.75 Å². The Bertz CT molecular complexity index is 554. The van der Waals surface area contributed by atoms with Gasteiger partial charge in [-0.25, -0.2) is 9.37 Å². The van der Waals surface area contributed by atoms with E-state index in [0.29, 0.717) is 0 Å². The largest absolute Gasteiger partial charge is 0.573 e. The Morgan fingerprint density at radius 3 is 2.27 bits per heavy atom. The number of pyridine rings is 1. The lowest BCUT2D eigenvalue weighted by Crippen LogP contribution is -2.23. The maximum absolute atomic E-state index is 13.4. The molecule has 0 fully saturated rings. The van der Waals surface area contributed by atoms with Crippen LogP contribution in [0.15, 0.2) is 6.20 Å². The summed E-state index contributed by atoms with van der Waals surface area (Å²) < 4.78 is 95.9. The smallest absolute Gasteiger partial charge is 0.466 e. The minimum Gasteiger partial charge on any atom is -0.466 e. The number of carbonyl (C=O) groups excluding carboxylic acids is 1. The summed E-state index contributed by atoms with van der Waals surface area (Å²) >= 11 is 0. The van der Waals surface area contributed by atoms with Gasteiger partial charge in [-0.3, -0.25) is 4.79 Å². The van der Waals surface area contributed by atoms with E-state index in [0.717, 1.165) is 0 Å². The fourth-order valence-corrected chi connectivity index (χ4v) is 1.50. The second-order valence-electron chi connectivity index (χ2n) is 3.79. The quantitative estimate of drug-likeness (QED) is 0.626. The van der Waals surface area contributed by atoms with Gasteiger partial charge >= 0.3 is 18.5 Å². The Kier molecular flexibility index (Phi) is 5.20. The second kappa shape index (κ2) is 6.36. The van der Waals surface area contributed by atoms with E-state index in [4.69, 9.17) is 0 Å². The number of hydrogen-bond donors (Lipinski definition) is 0. The van der Waals surface area contributed by atoms with Gasteiger partial charge in [0.15, 0.2) is 17.3 Å². The highest BCUT2D eigenvalue weighted by atomic mass is 19.4. The van der Waals surface area contributed by atoms with Crippen molar-refractivity contribution in [1.82, 2.24) is 4.98 Å². The van der Waals surface area contributed by atoms with Crippen molar-refractivity contribution in [2.45, 2.75) is 25.9 Å². The lowest BCUT2D eigenvalue weighted by atomic mass is 10.1. The first-order valence-electron chi connectivity index (χ1n) is 5.61. The number of carbonyl (C=O) groups is 1.